The summed E-state index contributed by atoms with van der Waals surface area (Å²) in [7, 11) is 1.63. The van der Waals surface area contributed by atoms with E-state index in [4.69, 9.17) is 5.11 Å². The van der Waals surface area contributed by atoms with Crippen LogP contribution in [0.15, 0.2) is 12.1 Å². The Balaban J connectivity index is 3.12. The first-order valence-corrected chi connectivity index (χ1v) is 6.30. The molecule has 110 valence electrons. The number of carboxylic acid groups (broad SMARTS) is 1. The van der Waals surface area contributed by atoms with Gasteiger partial charge in [-0.1, -0.05) is 19.8 Å². The summed E-state index contributed by atoms with van der Waals surface area (Å²) in [6.07, 6.45) is 2.83. The monoisotopic (exact) mass is 284 g/mol. The van der Waals surface area contributed by atoms with E-state index < -0.39 is 28.0 Å². The van der Waals surface area contributed by atoms with Crippen LogP contribution in [0.25, 0.3) is 0 Å². The van der Waals surface area contributed by atoms with Crippen molar-refractivity contribution in [3.63, 3.8) is 0 Å². The number of hydrogen-bond acceptors (Lipinski definition) is 4. The van der Waals surface area contributed by atoms with E-state index in [9.17, 15) is 19.3 Å². The molecule has 0 aliphatic rings. The summed E-state index contributed by atoms with van der Waals surface area (Å²) in [6.45, 7) is 2.59. The summed E-state index contributed by atoms with van der Waals surface area (Å²) in [6, 6.07) is 1.68. The Morgan fingerprint density at radius 2 is 2.10 bits per heavy atom. The Morgan fingerprint density at radius 3 is 2.60 bits per heavy atom. The SMILES string of the molecule is CCCCCN(C)c1cc(C(=O)O)c([N+](=O)[O-])cc1F. The smallest absolute Gasteiger partial charge is 0.342 e. The molecule has 6 nitrogen and oxygen atoms in total. The highest BCUT2D eigenvalue weighted by molar-refractivity contribution is 5.93. The number of carbonyl (C=O) groups is 1. The molecule has 0 heterocycles. The zero-order chi connectivity index (χ0) is 15.3. The van der Waals surface area contributed by atoms with Gasteiger partial charge in [-0.3, -0.25) is 10.1 Å². The third kappa shape index (κ3) is 3.66. The summed E-state index contributed by atoms with van der Waals surface area (Å²) in [5, 5.41) is 19.7. The highest BCUT2D eigenvalue weighted by atomic mass is 19.1. The highest BCUT2D eigenvalue weighted by Gasteiger charge is 2.24. The number of nitro groups is 1. The van der Waals surface area contributed by atoms with Crippen LogP contribution in [0.5, 0.6) is 0 Å². The molecule has 0 bridgehead atoms. The Morgan fingerprint density at radius 1 is 1.45 bits per heavy atom. The van der Waals surface area contributed by atoms with Gasteiger partial charge in [0.2, 0.25) is 0 Å². The fraction of sp³-hybridized carbons (Fsp3) is 0.462. The molecule has 1 rings (SSSR count). The number of aromatic carboxylic acids is 1. The summed E-state index contributed by atoms with van der Waals surface area (Å²) in [5.41, 5.74) is -1.18. The number of hydrogen-bond donors (Lipinski definition) is 1. The van der Waals surface area contributed by atoms with Crippen LogP contribution in [0.2, 0.25) is 0 Å². The van der Waals surface area contributed by atoms with Crippen molar-refractivity contribution in [3.8, 4) is 0 Å². The summed E-state index contributed by atoms with van der Waals surface area (Å²) in [4.78, 5) is 22.4. The first-order chi connectivity index (χ1) is 9.38. The number of carboxylic acids is 1. The second kappa shape index (κ2) is 6.83. The molecule has 0 radical (unpaired) electrons. The first kappa shape index (κ1) is 15.9. The van der Waals surface area contributed by atoms with Crippen molar-refractivity contribution in [3.05, 3.63) is 33.6 Å². The zero-order valence-corrected chi connectivity index (χ0v) is 11.4. The maximum absolute atomic E-state index is 13.9. The topological polar surface area (TPSA) is 83.7 Å². The molecule has 0 saturated carbocycles. The van der Waals surface area contributed by atoms with Crippen molar-refractivity contribution >= 4 is 17.3 Å². The summed E-state index contributed by atoms with van der Waals surface area (Å²) >= 11 is 0. The summed E-state index contributed by atoms with van der Waals surface area (Å²) < 4.78 is 13.9. The predicted molar refractivity (Wildman–Crippen MR) is 72.8 cm³/mol. The average molecular weight is 284 g/mol. The number of halogens is 1. The minimum Gasteiger partial charge on any atom is -0.477 e. The highest BCUT2D eigenvalue weighted by Crippen LogP contribution is 2.28. The molecule has 1 N–H and O–H groups in total. The van der Waals surface area contributed by atoms with E-state index in [0.29, 0.717) is 12.6 Å². The maximum Gasteiger partial charge on any atom is 0.342 e. The largest absolute Gasteiger partial charge is 0.477 e. The quantitative estimate of drug-likeness (QED) is 0.472. The van der Waals surface area contributed by atoms with Crippen LogP contribution in [-0.4, -0.2) is 29.6 Å². The number of unbranched alkanes of at least 4 members (excludes halogenated alkanes) is 2. The molecule has 20 heavy (non-hydrogen) atoms. The Labute approximate surface area is 116 Å². The molecule has 0 aliphatic heterocycles. The van der Waals surface area contributed by atoms with E-state index in [0.717, 1.165) is 25.3 Å². The lowest BCUT2D eigenvalue weighted by Gasteiger charge is -2.20. The molecule has 0 amide bonds. The van der Waals surface area contributed by atoms with Gasteiger partial charge < -0.3 is 10.0 Å². The molecule has 1 aromatic rings. The molecule has 0 unspecified atom stereocenters. The van der Waals surface area contributed by atoms with Crippen LogP contribution in [0.4, 0.5) is 15.8 Å². The van der Waals surface area contributed by atoms with Crippen molar-refractivity contribution < 1.29 is 19.2 Å². The van der Waals surface area contributed by atoms with Crippen LogP contribution < -0.4 is 4.90 Å². The minimum absolute atomic E-state index is 0.0594. The van der Waals surface area contributed by atoms with Crippen LogP contribution >= 0.6 is 0 Å². The third-order valence-corrected chi connectivity index (χ3v) is 3.00. The molecule has 1 aromatic carbocycles. The van der Waals surface area contributed by atoms with Crippen LogP contribution in [0.1, 0.15) is 36.5 Å². The first-order valence-electron chi connectivity index (χ1n) is 6.30. The summed E-state index contributed by atoms with van der Waals surface area (Å²) in [5.74, 6) is -2.24. The van der Waals surface area contributed by atoms with Crippen molar-refractivity contribution in [2.45, 2.75) is 26.2 Å². The number of anilines is 1. The number of rotatable bonds is 7. The van der Waals surface area contributed by atoms with Gasteiger partial charge >= 0.3 is 5.97 Å². The zero-order valence-electron chi connectivity index (χ0n) is 11.4. The number of nitrogens with zero attached hydrogens (tertiary/aromatic N) is 2. The van der Waals surface area contributed by atoms with Gasteiger partial charge in [0.1, 0.15) is 5.56 Å². The molecule has 0 fully saturated rings. The molecule has 0 atom stereocenters. The van der Waals surface area contributed by atoms with Gasteiger partial charge in [0.25, 0.3) is 5.69 Å². The van der Waals surface area contributed by atoms with Crippen molar-refractivity contribution in [1.82, 2.24) is 0 Å². The van der Waals surface area contributed by atoms with Gasteiger partial charge in [0, 0.05) is 13.6 Å². The molecule has 0 saturated heterocycles. The molecular formula is C13H17FN2O4. The van der Waals surface area contributed by atoms with E-state index in [-0.39, 0.29) is 5.69 Å². The van der Waals surface area contributed by atoms with Crippen LogP contribution in [0, 0.1) is 15.9 Å². The van der Waals surface area contributed by atoms with E-state index in [1.807, 2.05) is 6.92 Å². The fourth-order valence-electron chi connectivity index (χ4n) is 1.89. The van der Waals surface area contributed by atoms with E-state index in [1.54, 1.807) is 11.9 Å². The van der Waals surface area contributed by atoms with Crippen molar-refractivity contribution in [2.24, 2.45) is 0 Å². The van der Waals surface area contributed by atoms with Gasteiger partial charge in [0.15, 0.2) is 5.82 Å². The van der Waals surface area contributed by atoms with E-state index in [2.05, 4.69) is 0 Å². The van der Waals surface area contributed by atoms with Crippen molar-refractivity contribution in [2.75, 3.05) is 18.5 Å². The van der Waals surface area contributed by atoms with Gasteiger partial charge in [-0.05, 0) is 12.5 Å². The molecule has 0 aromatic heterocycles. The maximum atomic E-state index is 13.9. The van der Waals surface area contributed by atoms with Crippen molar-refractivity contribution in [1.29, 1.82) is 0 Å². The van der Waals surface area contributed by atoms with E-state index in [1.165, 1.54) is 0 Å². The predicted octanol–water partition coefficient (Wildman–Crippen LogP) is 3.06. The second-order valence-corrected chi connectivity index (χ2v) is 4.51. The van der Waals surface area contributed by atoms with Gasteiger partial charge in [-0.25, -0.2) is 9.18 Å². The van der Waals surface area contributed by atoms with Gasteiger partial charge in [0.05, 0.1) is 16.7 Å². The number of nitro benzene ring substituents is 1. The fourth-order valence-corrected chi connectivity index (χ4v) is 1.89. The minimum atomic E-state index is -1.44. The second-order valence-electron chi connectivity index (χ2n) is 4.51. The Kier molecular flexibility index (Phi) is 5.42. The lowest BCUT2D eigenvalue weighted by atomic mass is 10.1. The van der Waals surface area contributed by atoms with Crippen LogP contribution in [0.3, 0.4) is 0 Å². The Bertz CT molecular complexity index is 519. The van der Waals surface area contributed by atoms with Crippen LogP contribution in [-0.2, 0) is 0 Å². The molecule has 7 heteroatoms. The average Bonchev–Trinajstić information content (AvgIpc) is 2.37. The number of benzene rings is 1. The van der Waals surface area contributed by atoms with E-state index >= 15 is 0 Å². The van der Waals surface area contributed by atoms with Gasteiger partial charge in [-0.2, -0.15) is 0 Å². The third-order valence-electron chi connectivity index (χ3n) is 3.00. The lowest BCUT2D eigenvalue weighted by Crippen LogP contribution is -2.20. The molecule has 0 spiro atoms. The normalized spacial score (nSPS) is 10.3. The standard InChI is InChI=1S/C13H17FN2O4/c1-3-4-5-6-15(2)12-7-9(13(17)18)11(16(19)20)8-10(12)14/h7-8H,3-6H2,1-2H3,(H,17,18). The Hall–Kier alpha value is -2.18. The molecular weight excluding hydrogens is 267 g/mol. The van der Waals surface area contributed by atoms with Gasteiger partial charge in [-0.15, -0.1) is 0 Å². The molecule has 0 aliphatic carbocycles. The lowest BCUT2D eigenvalue weighted by molar-refractivity contribution is -0.385.